The minimum atomic E-state index is -0.570. The molecule has 0 saturated carbocycles. The molecule has 0 aliphatic carbocycles. The quantitative estimate of drug-likeness (QED) is 0.710. The molecule has 0 fully saturated rings. The number of hydrogen-bond donors (Lipinski definition) is 0. The van der Waals surface area contributed by atoms with Crippen molar-refractivity contribution in [3.63, 3.8) is 0 Å². The molecule has 1 rings (SSSR count). The molecule has 1 aromatic carbocycles. The van der Waals surface area contributed by atoms with E-state index in [0.717, 1.165) is 12.0 Å². The fourth-order valence-electron chi connectivity index (χ4n) is 1.69. The zero-order valence-corrected chi connectivity index (χ0v) is 11.4. The van der Waals surface area contributed by atoms with Crippen molar-refractivity contribution in [2.24, 2.45) is 0 Å². The molecule has 1 atom stereocenters. The van der Waals surface area contributed by atoms with Gasteiger partial charge in [0.15, 0.2) is 0 Å². The van der Waals surface area contributed by atoms with E-state index in [4.69, 9.17) is 9.47 Å². The average molecular weight is 264 g/mol. The molecule has 4 heteroatoms. The number of carbonyl (C=O) groups excluding carboxylic acids is 2. The van der Waals surface area contributed by atoms with Crippen molar-refractivity contribution >= 4 is 11.9 Å². The molecule has 104 valence electrons. The summed E-state index contributed by atoms with van der Waals surface area (Å²) < 4.78 is 10.3. The highest BCUT2D eigenvalue weighted by atomic mass is 16.6. The Morgan fingerprint density at radius 3 is 2.37 bits per heavy atom. The monoisotopic (exact) mass is 264 g/mol. The van der Waals surface area contributed by atoms with E-state index in [2.05, 4.69) is 0 Å². The summed E-state index contributed by atoms with van der Waals surface area (Å²) >= 11 is 0. The van der Waals surface area contributed by atoms with E-state index in [1.807, 2.05) is 37.3 Å². The molecule has 0 aliphatic heterocycles. The van der Waals surface area contributed by atoms with E-state index in [9.17, 15) is 9.59 Å². The zero-order chi connectivity index (χ0) is 14.1. The third kappa shape index (κ3) is 5.55. The SMILES string of the molecule is CCCC(=O)O[C@@H](CC(=O)OCC)c1ccccc1. The highest BCUT2D eigenvalue weighted by Crippen LogP contribution is 2.22. The van der Waals surface area contributed by atoms with Gasteiger partial charge in [0.1, 0.15) is 6.10 Å². The number of ether oxygens (including phenoxy) is 2. The summed E-state index contributed by atoms with van der Waals surface area (Å²) in [5.41, 5.74) is 0.806. The van der Waals surface area contributed by atoms with E-state index in [-0.39, 0.29) is 18.4 Å². The maximum atomic E-state index is 11.6. The van der Waals surface area contributed by atoms with Crippen LogP contribution in [0.15, 0.2) is 30.3 Å². The van der Waals surface area contributed by atoms with E-state index in [1.54, 1.807) is 6.92 Å². The predicted octanol–water partition coefficient (Wildman–Crippen LogP) is 3.02. The third-order valence-electron chi connectivity index (χ3n) is 2.56. The summed E-state index contributed by atoms with van der Waals surface area (Å²) in [6.45, 7) is 3.98. The van der Waals surface area contributed by atoms with E-state index in [0.29, 0.717) is 13.0 Å². The Morgan fingerprint density at radius 1 is 1.11 bits per heavy atom. The highest BCUT2D eigenvalue weighted by Gasteiger charge is 2.20. The van der Waals surface area contributed by atoms with Crippen molar-refractivity contribution < 1.29 is 19.1 Å². The lowest BCUT2D eigenvalue weighted by Crippen LogP contribution is -2.16. The van der Waals surface area contributed by atoms with Gasteiger partial charge in [-0.2, -0.15) is 0 Å². The fourth-order valence-corrected chi connectivity index (χ4v) is 1.69. The molecule has 0 spiro atoms. The van der Waals surface area contributed by atoms with Crippen LogP contribution in [0.5, 0.6) is 0 Å². The van der Waals surface area contributed by atoms with Crippen LogP contribution in [0, 0.1) is 0 Å². The number of benzene rings is 1. The lowest BCUT2D eigenvalue weighted by atomic mass is 10.1. The Kier molecular flexibility index (Phi) is 6.64. The zero-order valence-electron chi connectivity index (χ0n) is 11.4. The Morgan fingerprint density at radius 2 is 1.79 bits per heavy atom. The average Bonchev–Trinajstić information content (AvgIpc) is 2.39. The number of carbonyl (C=O) groups is 2. The summed E-state index contributed by atoms with van der Waals surface area (Å²) in [5, 5.41) is 0. The molecule has 1 aromatic rings. The van der Waals surface area contributed by atoms with Crippen LogP contribution in [0.4, 0.5) is 0 Å². The number of hydrogen-bond acceptors (Lipinski definition) is 4. The molecule has 0 bridgehead atoms. The van der Waals surface area contributed by atoms with Crippen molar-refractivity contribution in [1.82, 2.24) is 0 Å². The van der Waals surface area contributed by atoms with Gasteiger partial charge in [0.2, 0.25) is 0 Å². The second-order valence-electron chi connectivity index (χ2n) is 4.15. The minimum absolute atomic E-state index is 0.0489. The van der Waals surface area contributed by atoms with Gasteiger partial charge in [-0.1, -0.05) is 37.3 Å². The van der Waals surface area contributed by atoms with Gasteiger partial charge in [-0.25, -0.2) is 0 Å². The minimum Gasteiger partial charge on any atom is -0.466 e. The van der Waals surface area contributed by atoms with E-state index < -0.39 is 6.10 Å². The first-order chi connectivity index (χ1) is 9.17. The van der Waals surface area contributed by atoms with Crippen LogP contribution in [0.1, 0.15) is 44.8 Å². The van der Waals surface area contributed by atoms with Crippen LogP contribution in [0.2, 0.25) is 0 Å². The lowest BCUT2D eigenvalue weighted by molar-refractivity contribution is -0.155. The summed E-state index contributed by atoms with van der Waals surface area (Å²) in [4.78, 5) is 23.1. The second kappa shape index (κ2) is 8.29. The van der Waals surface area contributed by atoms with Crippen LogP contribution >= 0.6 is 0 Å². The molecule has 0 N–H and O–H groups in total. The van der Waals surface area contributed by atoms with Crippen molar-refractivity contribution in [3.8, 4) is 0 Å². The Bertz CT molecular complexity index is 380. The predicted molar refractivity (Wildman–Crippen MR) is 71.4 cm³/mol. The smallest absolute Gasteiger partial charge is 0.309 e. The Labute approximate surface area is 113 Å². The van der Waals surface area contributed by atoms with Crippen LogP contribution in [-0.4, -0.2) is 18.5 Å². The van der Waals surface area contributed by atoms with Gasteiger partial charge in [-0.15, -0.1) is 0 Å². The number of rotatable bonds is 7. The van der Waals surface area contributed by atoms with Gasteiger partial charge in [-0.05, 0) is 18.9 Å². The van der Waals surface area contributed by atoms with E-state index >= 15 is 0 Å². The standard InChI is InChI=1S/C15H20O4/c1-3-8-14(16)19-13(11-15(17)18-4-2)12-9-6-5-7-10-12/h5-7,9-10,13H,3-4,8,11H2,1-2H3/t13-/m0/s1. The van der Waals surface area contributed by atoms with Gasteiger partial charge >= 0.3 is 11.9 Å². The largest absolute Gasteiger partial charge is 0.466 e. The normalized spacial score (nSPS) is 11.7. The van der Waals surface area contributed by atoms with Crippen molar-refractivity contribution in [1.29, 1.82) is 0 Å². The number of esters is 2. The lowest BCUT2D eigenvalue weighted by Gasteiger charge is -2.17. The Hall–Kier alpha value is -1.84. The third-order valence-corrected chi connectivity index (χ3v) is 2.56. The molecule has 0 saturated heterocycles. The second-order valence-corrected chi connectivity index (χ2v) is 4.15. The summed E-state index contributed by atoms with van der Waals surface area (Å²) in [7, 11) is 0. The van der Waals surface area contributed by atoms with Crippen LogP contribution in [0.25, 0.3) is 0 Å². The van der Waals surface area contributed by atoms with Crippen molar-refractivity contribution in [2.45, 2.75) is 39.2 Å². The van der Waals surface area contributed by atoms with Gasteiger partial charge in [-0.3, -0.25) is 9.59 Å². The van der Waals surface area contributed by atoms with Gasteiger partial charge in [0.25, 0.3) is 0 Å². The van der Waals surface area contributed by atoms with Crippen molar-refractivity contribution in [3.05, 3.63) is 35.9 Å². The highest BCUT2D eigenvalue weighted by molar-refractivity contribution is 5.73. The van der Waals surface area contributed by atoms with Crippen LogP contribution in [0.3, 0.4) is 0 Å². The molecule has 0 heterocycles. The summed E-state index contributed by atoms with van der Waals surface area (Å²) in [6.07, 6.45) is 0.554. The Balaban J connectivity index is 2.73. The van der Waals surface area contributed by atoms with Crippen LogP contribution < -0.4 is 0 Å². The van der Waals surface area contributed by atoms with Gasteiger partial charge in [0.05, 0.1) is 13.0 Å². The summed E-state index contributed by atoms with van der Waals surface area (Å²) in [6, 6.07) is 9.24. The molecule has 0 aliphatic rings. The van der Waals surface area contributed by atoms with Gasteiger partial charge in [0, 0.05) is 6.42 Å². The molecule has 0 unspecified atom stereocenters. The molecule has 0 aromatic heterocycles. The summed E-state index contributed by atoms with van der Waals surface area (Å²) in [5.74, 6) is -0.652. The molecule has 4 nitrogen and oxygen atoms in total. The first kappa shape index (κ1) is 15.2. The maximum Gasteiger partial charge on any atom is 0.309 e. The maximum absolute atomic E-state index is 11.6. The van der Waals surface area contributed by atoms with Crippen molar-refractivity contribution in [2.75, 3.05) is 6.61 Å². The molecular formula is C15H20O4. The molecule has 19 heavy (non-hydrogen) atoms. The first-order valence-electron chi connectivity index (χ1n) is 6.57. The molecular weight excluding hydrogens is 244 g/mol. The van der Waals surface area contributed by atoms with E-state index in [1.165, 1.54) is 0 Å². The van der Waals surface area contributed by atoms with Crippen LogP contribution in [-0.2, 0) is 19.1 Å². The molecule has 0 radical (unpaired) electrons. The fraction of sp³-hybridized carbons (Fsp3) is 0.467. The molecule has 0 amide bonds. The topological polar surface area (TPSA) is 52.6 Å². The van der Waals surface area contributed by atoms with Gasteiger partial charge < -0.3 is 9.47 Å². The first-order valence-corrected chi connectivity index (χ1v) is 6.57.